The summed E-state index contributed by atoms with van der Waals surface area (Å²) in [6, 6.07) is 8.44. The Morgan fingerprint density at radius 1 is 1.17 bits per heavy atom. The number of benzene rings is 1. The van der Waals surface area contributed by atoms with Crippen molar-refractivity contribution in [2.75, 3.05) is 0 Å². The summed E-state index contributed by atoms with van der Waals surface area (Å²) in [6.45, 7) is 0. The molecule has 0 saturated heterocycles. The number of hydrogen-bond acceptors (Lipinski definition) is 0. The molecule has 0 bridgehead atoms. The Kier molecular flexibility index (Phi) is 2.31. The van der Waals surface area contributed by atoms with E-state index >= 15 is 0 Å². The van der Waals surface area contributed by atoms with Gasteiger partial charge in [0.1, 0.15) is 0 Å². The van der Waals surface area contributed by atoms with Gasteiger partial charge in [0.2, 0.25) is 0 Å². The van der Waals surface area contributed by atoms with Crippen LogP contribution in [-0.4, -0.2) is 0 Å². The second-order valence-electron chi connectivity index (χ2n) is 3.10. The minimum Gasteiger partial charge on any atom is -0.0807 e. The summed E-state index contributed by atoms with van der Waals surface area (Å²) in [6.07, 6.45) is 6.15. The fourth-order valence-electron chi connectivity index (χ4n) is 1.64. The van der Waals surface area contributed by atoms with E-state index < -0.39 is 0 Å². The van der Waals surface area contributed by atoms with E-state index in [-0.39, 0.29) is 0 Å². The molecule has 0 radical (unpaired) electrons. The van der Waals surface area contributed by atoms with Crippen LogP contribution in [0.2, 0.25) is 0 Å². The van der Waals surface area contributed by atoms with Crippen LogP contribution in [0.5, 0.6) is 0 Å². The molecule has 12 heavy (non-hydrogen) atoms. The predicted molar refractivity (Wildman–Crippen MR) is 56.0 cm³/mol. The minimum absolute atomic E-state index is 1.22. The molecule has 1 aromatic rings. The zero-order valence-electron chi connectivity index (χ0n) is 6.89. The van der Waals surface area contributed by atoms with E-state index in [1.807, 2.05) is 0 Å². The van der Waals surface area contributed by atoms with Gasteiger partial charge in [0.05, 0.1) is 0 Å². The second kappa shape index (κ2) is 3.44. The van der Waals surface area contributed by atoms with Gasteiger partial charge in [0.15, 0.2) is 0 Å². The van der Waals surface area contributed by atoms with E-state index in [1.54, 1.807) is 0 Å². The fraction of sp³-hybridized carbons (Fsp3) is 0.273. The van der Waals surface area contributed by atoms with Crippen LogP contribution in [-0.2, 0) is 0 Å². The van der Waals surface area contributed by atoms with Gasteiger partial charge in [-0.2, -0.15) is 0 Å². The van der Waals surface area contributed by atoms with Gasteiger partial charge in [-0.15, -0.1) is 0 Å². The van der Waals surface area contributed by atoms with E-state index in [2.05, 4.69) is 46.3 Å². The van der Waals surface area contributed by atoms with Crippen molar-refractivity contribution in [2.45, 2.75) is 19.3 Å². The second-order valence-corrected chi connectivity index (χ2v) is 3.96. The third kappa shape index (κ3) is 1.46. The molecule has 1 aliphatic carbocycles. The van der Waals surface area contributed by atoms with E-state index in [0.717, 1.165) is 0 Å². The molecule has 0 unspecified atom stereocenters. The molecule has 1 aromatic carbocycles. The van der Waals surface area contributed by atoms with Gasteiger partial charge in [-0.1, -0.05) is 40.2 Å². The third-order valence-corrected chi connectivity index (χ3v) is 2.95. The highest BCUT2D eigenvalue weighted by molar-refractivity contribution is 9.10. The van der Waals surface area contributed by atoms with Crippen molar-refractivity contribution >= 4 is 21.5 Å². The summed E-state index contributed by atoms with van der Waals surface area (Å²) >= 11 is 3.57. The lowest BCUT2D eigenvalue weighted by molar-refractivity contribution is 0.935. The molecule has 62 valence electrons. The molecule has 0 aromatic heterocycles. The van der Waals surface area contributed by atoms with Crippen molar-refractivity contribution in [3.8, 4) is 0 Å². The maximum absolute atomic E-state index is 3.57. The summed E-state index contributed by atoms with van der Waals surface area (Å²) < 4.78 is 1.22. The van der Waals surface area contributed by atoms with Crippen LogP contribution in [0.25, 0.3) is 5.57 Å². The van der Waals surface area contributed by atoms with Crippen LogP contribution >= 0.6 is 15.9 Å². The van der Waals surface area contributed by atoms with Crippen molar-refractivity contribution in [1.29, 1.82) is 0 Å². The Morgan fingerprint density at radius 3 is 2.67 bits per heavy atom. The van der Waals surface area contributed by atoms with Gasteiger partial charge in [0.25, 0.3) is 0 Å². The molecular weight excluding hydrogens is 212 g/mol. The van der Waals surface area contributed by atoms with Gasteiger partial charge in [-0.25, -0.2) is 0 Å². The molecule has 0 amide bonds. The van der Waals surface area contributed by atoms with E-state index in [0.29, 0.717) is 0 Å². The van der Waals surface area contributed by atoms with Crippen molar-refractivity contribution in [2.24, 2.45) is 0 Å². The molecule has 1 heteroatoms. The zero-order valence-corrected chi connectivity index (χ0v) is 8.47. The monoisotopic (exact) mass is 222 g/mol. The molecule has 2 rings (SSSR count). The van der Waals surface area contributed by atoms with E-state index in [9.17, 15) is 0 Å². The molecule has 0 heterocycles. The Hall–Kier alpha value is -0.560. The molecule has 0 atom stereocenters. The van der Waals surface area contributed by atoms with Crippen LogP contribution in [0.1, 0.15) is 24.8 Å². The minimum atomic E-state index is 1.22. The van der Waals surface area contributed by atoms with Crippen LogP contribution in [0, 0.1) is 0 Å². The number of hydrogen-bond donors (Lipinski definition) is 0. The summed E-state index contributed by atoms with van der Waals surface area (Å²) in [5, 5.41) is 0. The third-order valence-electron chi connectivity index (χ3n) is 2.26. The largest absolute Gasteiger partial charge is 0.0807 e. The first-order valence-electron chi connectivity index (χ1n) is 4.32. The highest BCUT2D eigenvalue weighted by Crippen LogP contribution is 2.31. The van der Waals surface area contributed by atoms with Crippen LogP contribution in [0.3, 0.4) is 0 Å². The van der Waals surface area contributed by atoms with Crippen molar-refractivity contribution in [1.82, 2.24) is 0 Å². The van der Waals surface area contributed by atoms with Gasteiger partial charge < -0.3 is 0 Å². The molecule has 0 nitrogen and oxygen atoms in total. The topological polar surface area (TPSA) is 0 Å². The average molecular weight is 223 g/mol. The maximum atomic E-state index is 3.57. The fourth-order valence-corrected chi connectivity index (χ4v) is 2.18. The molecule has 0 aliphatic heterocycles. The van der Waals surface area contributed by atoms with Gasteiger partial charge in [-0.3, -0.25) is 0 Å². The van der Waals surface area contributed by atoms with E-state index in [1.165, 1.54) is 34.9 Å². The van der Waals surface area contributed by atoms with Crippen LogP contribution < -0.4 is 0 Å². The first-order chi connectivity index (χ1) is 5.88. The summed E-state index contributed by atoms with van der Waals surface area (Å²) in [5.41, 5.74) is 2.87. The highest BCUT2D eigenvalue weighted by Gasteiger charge is 2.08. The summed E-state index contributed by atoms with van der Waals surface area (Å²) in [4.78, 5) is 0. The predicted octanol–water partition coefficient (Wildman–Crippen LogP) is 4.02. The van der Waals surface area contributed by atoms with Crippen molar-refractivity contribution in [3.63, 3.8) is 0 Å². The lowest BCUT2D eigenvalue weighted by atomic mass is 10.1. The molecule has 1 aliphatic rings. The summed E-state index contributed by atoms with van der Waals surface area (Å²) in [7, 11) is 0. The van der Waals surface area contributed by atoms with E-state index in [4.69, 9.17) is 0 Å². The summed E-state index contributed by atoms with van der Waals surface area (Å²) in [5.74, 6) is 0. The quantitative estimate of drug-likeness (QED) is 0.674. The van der Waals surface area contributed by atoms with Gasteiger partial charge >= 0.3 is 0 Å². The Labute approximate surface area is 81.4 Å². The molecular formula is C11H11Br. The SMILES string of the molecule is Brc1ccccc1C1=CCCC1. The van der Waals surface area contributed by atoms with Crippen LogP contribution in [0.4, 0.5) is 0 Å². The van der Waals surface area contributed by atoms with Gasteiger partial charge in [0, 0.05) is 4.47 Å². The number of rotatable bonds is 1. The Bertz CT molecular complexity index is 313. The Balaban J connectivity index is 2.39. The Morgan fingerprint density at radius 2 is 2.00 bits per heavy atom. The smallest absolute Gasteiger partial charge is 0.0250 e. The number of allylic oxidation sites excluding steroid dienone is 2. The lowest BCUT2D eigenvalue weighted by Crippen LogP contribution is -1.81. The molecule has 0 N–H and O–H groups in total. The first kappa shape index (κ1) is 8.06. The zero-order chi connectivity index (χ0) is 8.39. The van der Waals surface area contributed by atoms with Crippen molar-refractivity contribution < 1.29 is 0 Å². The van der Waals surface area contributed by atoms with Crippen LogP contribution in [0.15, 0.2) is 34.8 Å². The maximum Gasteiger partial charge on any atom is 0.0250 e. The molecule has 0 spiro atoms. The lowest BCUT2D eigenvalue weighted by Gasteiger charge is -2.03. The standard InChI is InChI=1S/C11H11Br/c12-11-8-4-3-7-10(11)9-5-1-2-6-9/h3-5,7-8H,1-2,6H2. The van der Waals surface area contributed by atoms with Crippen molar-refractivity contribution in [3.05, 3.63) is 40.4 Å². The highest BCUT2D eigenvalue weighted by atomic mass is 79.9. The average Bonchev–Trinajstić information content (AvgIpc) is 2.57. The normalized spacial score (nSPS) is 16.2. The molecule has 0 fully saturated rings. The molecule has 0 saturated carbocycles. The van der Waals surface area contributed by atoms with Gasteiger partial charge in [-0.05, 0) is 36.5 Å². The first-order valence-corrected chi connectivity index (χ1v) is 5.11. The number of halogens is 1.